The summed E-state index contributed by atoms with van der Waals surface area (Å²) in [6.07, 6.45) is -0.859. The quantitative estimate of drug-likeness (QED) is 0.578. The van der Waals surface area contributed by atoms with E-state index in [1.807, 2.05) is 42.5 Å². The van der Waals surface area contributed by atoms with Crippen LogP contribution in [0.5, 0.6) is 0 Å². The van der Waals surface area contributed by atoms with E-state index in [-0.39, 0.29) is 17.3 Å². The normalized spacial score (nSPS) is 12.8. The molecule has 3 aromatic rings. The average molecular weight is 427 g/mol. The third kappa shape index (κ3) is 4.53. The molecule has 1 atom stereocenters. The highest BCUT2D eigenvalue weighted by atomic mass is 32.2. The van der Waals surface area contributed by atoms with Gasteiger partial charge >= 0.3 is 0 Å². The van der Waals surface area contributed by atoms with Gasteiger partial charge in [-0.2, -0.15) is 4.31 Å². The van der Waals surface area contributed by atoms with Gasteiger partial charge in [-0.25, -0.2) is 8.42 Å². The molecule has 158 valence electrons. The van der Waals surface area contributed by atoms with Crippen LogP contribution in [-0.4, -0.2) is 43.4 Å². The molecule has 0 bridgehead atoms. The average Bonchev–Trinajstić information content (AvgIpc) is 2.77. The molecule has 7 heteroatoms. The van der Waals surface area contributed by atoms with Gasteiger partial charge in [0.15, 0.2) is 0 Å². The smallest absolute Gasteiger partial charge is 0.251 e. The van der Waals surface area contributed by atoms with Crippen molar-refractivity contribution in [2.24, 2.45) is 0 Å². The number of hydrogen-bond acceptors (Lipinski definition) is 4. The number of sulfonamides is 1. The molecule has 30 heavy (non-hydrogen) atoms. The summed E-state index contributed by atoms with van der Waals surface area (Å²) in [6.45, 7) is 4.38. The zero-order valence-corrected chi connectivity index (χ0v) is 17.9. The molecule has 1 unspecified atom stereocenters. The number of carbonyl (C=O) groups excluding carboxylic acids is 1. The van der Waals surface area contributed by atoms with Gasteiger partial charge in [0.2, 0.25) is 10.0 Å². The number of fused-ring (bicyclic) bond motifs is 1. The topological polar surface area (TPSA) is 86.7 Å². The first-order valence-corrected chi connectivity index (χ1v) is 11.4. The first-order chi connectivity index (χ1) is 14.4. The van der Waals surface area contributed by atoms with Gasteiger partial charge in [-0.1, -0.05) is 56.3 Å². The van der Waals surface area contributed by atoms with Crippen LogP contribution in [0.2, 0.25) is 0 Å². The number of benzene rings is 3. The molecule has 0 aromatic heterocycles. The second-order valence-corrected chi connectivity index (χ2v) is 8.85. The van der Waals surface area contributed by atoms with Crippen molar-refractivity contribution in [2.75, 3.05) is 19.6 Å². The van der Waals surface area contributed by atoms with E-state index in [0.29, 0.717) is 18.7 Å². The van der Waals surface area contributed by atoms with E-state index in [1.54, 1.807) is 13.8 Å². The highest BCUT2D eigenvalue weighted by molar-refractivity contribution is 7.89. The first kappa shape index (κ1) is 22.0. The summed E-state index contributed by atoms with van der Waals surface area (Å²) in [5, 5.41) is 15.3. The number of nitrogens with zero attached hydrogens (tertiary/aromatic N) is 1. The maximum Gasteiger partial charge on any atom is 0.251 e. The van der Waals surface area contributed by atoms with Gasteiger partial charge in [0.1, 0.15) is 0 Å². The molecule has 1 amide bonds. The van der Waals surface area contributed by atoms with Gasteiger partial charge in [-0.3, -0.25) is 4.79 Å². The Morgan fingerprint density at radius 1 is 0.967 bits per heavy atom. The fraction of sp³-hybridized carbons (Fsp3) is 0.261. The molecule has 3 rings (SSSR count). The highest BCUT2D eigenvalue weighted by Crippen LogP contribution is 2.24. The fourth-order valence-corrected chi connectivity index (χ4v) is 4.89. The van der Waals surface area contributed by atoms with E-state index in [2.05, 4.69) is 5.32 Å². The van der Waals surface area contributed by atoms with E-state index in [1.165, 1.54) is 28.6 Å². The number of hydrogen-bond donors (Lipinski definition) is 2. The summed E-state index contributed by atoms with van der Waals surface area (Å²) in [5.74, 6) is -0.374. The summed E-state index contributed by atoms with van der Waals surface area (Å²) in [4.78, 5) is 12.6. The first-order valence-electron chi connectivity index (χ1n) is 9.92. The van der Waals surface area contributed by atoms with Crippen LogP contribution in [0.1, 0.15) is 35.9 Å². The Labute approximate surface area is 177 Å². The van der Waals surface area contributed by atoms with Gasteiger partial charge in [0.05, 0.1) is 11.0 Å². The minimum Gasteiger partial charge on any atom is -0.387 e. The van der Waals surface area contributed by atoms with Crippen molar-refractivity contribution in [3.63, 3.8) is 0 Å². The van der Waals surface area contributed by atoms with Crippen molar-refractivity contribution in [1.82, 2.24) is 9.62 Å². The zero-order valence-electron chi connectivity index (χ0n) is 17.1. The van der Waals surface area contributed by atoms with Crippen LogP contribution >= 0.6 is 0 Å². The Kier molecular flexibility index (Phi) is 6.87. The molecule has 0 aliphatic heterocycles. The molecule has 0 heterocycles. The van der Waals surface area contributed by atoms with Crippen LogP contribution < -0.4 is 5.32 Å². The van der Waals surface area contributed by atoms with Crippen molar-refractivity contribution in [2.45, 2.75) is 24.8 Å². The van der Waals surface area contributed by atoms with Crippen LogP contribution in [0, 0.1) is 0 Å². The van der Waals surface area contributed by atoms with Crippen LogP contribution in [0.4, 0.5) is 0 Å². The molecule has 0 radical (unpaired) electrons. The van der Waals surface area contributed by atoms with Gasteiger partial charge in [-0.05, 0) is 40.6 Å². The second kappa shape index (κ2) is 9.38. The van der Waals surface area contributed by atoms with Crippen molar-refractivity contribution in [3.8, 4) is 0 Å². The lowest BCUT2D eigenvalue weighted by Crippen LogP contribution is -2.31. The number of aliphatic hydroxyl groups excluding tert-OH is 1. The van der Waals surface area contributed by atoms with Gasteiger partial charge < -0.3 is 10.4 Å². The maximum atomic E-state index is 12.5. The zero-order chi connectivity index (χ0) is 21.7. The molecule has 0 fully saturated rings. The van der Waals surface area contributed by atoms with Gasteiger partial charge in [0.25, 0.3) is 5.91 Å². The minimum atomic E-state index is -3.56. The third-order valence-electron chi connectivity index (χ3n) is 5.10. The number of carbonyl (C=O) groups is 1. The molecular weight excluding hydrogens is 400 g/mol. The minimum absolute atomic E-state index is 0.0480. The molecule has 0 saturated carbocycles. The molecule has 3 aromatic carbocycles. The predicted molar refractivity (Wildman–Crippen MR) is 118 cm³/mol. The van der Waals surface area contributed by atoms with Crippen molar-refractivity contribution < 1.29 is 18.3 Å². The van der Waals surface area contributed by atoms with Crippen LogP contribution in [0.25, 0.3) is 10.8 Å². The summed E-state index contributed by atoms with van der Waals surface area (Å²) < 4.78 is 26.5. The lowest BCUT2D eigenvalue weighted by molar-refractivity contribution is 0.0917. The number of aliphatic hydroxyl groups is 1. The SMILES string of the molecule is CCN(CC)S(=O)(=O)c1ccc(C(=O)NCC(O)c2cccc3ccccc23)cc1. The van der Waals surface area contributed by atoms with Crippen molar-refractivity contribution >= 4 is 26.7 Å². The molecule has 2 N–H and O–H groups in total. The van der Waals surface area contributed by atoms with E-state index < -0.39 is 16.1 Å². The van der Waals surface area contributed by atoms with Crippen LogP contribution in [0.3, 0.4) is 0 Å². The molecule has 6 nitrogen and oxygen atoms in total. The predicted octanol–water partition coefficient (Wildman–Crippen LogP) is 3.33. The monoisotopic (exact) mass is 426 g/mol. The number of amides is 1. The van der Waals surface area contributed by atoms with E-state index >= 15 is 0 Å². The van der Waals surface area contributed by atoms with E-state index in [4.69, 9.17) is 0 Å². The Hall–Kier alpha value is -2.74. The molecule has 0 aliphatic rings. The summed E-state index contributed by atoms with van der Waals surface area (Å²) in [5.41, 5.74) is 1.08. The molecule has 0 spiro atoms. The Bertz CT molecular complexity index is 1120. The van der Waals surface area contributed by atoms with E-state index in [0.717, 1.165) is 16.3 Å². The highest BCUT2D eigenvalue weighted by Gasteiger charge is 2.22. The lowest BCUT2D eigenvalue weighted by atomic mass is 10.0. The number of rotatable bonds is 8. The third-order valence-corrected chi connectivity index (χ3v) is 7.16. The summed E-state index contributed by atoms with van der Waals surface area (Å²) in [6, 6.07) is 19.3. The van der Waals surface area contributed by atoms with Crippen LogP contribution in [-0.2, 0) is 10.0 Å². The van der Waals surface area contributed by atoms with Crippen LogP contribution in [0.15, 0.2) is 71.6 Å². The van der Waals surface area contributed by atoms with E-state index in [9.17, 15) is 18.3 Å². The largest absolute Gasteiger partial charge is 0.387 e. The Morgan fingerprint density at radius 2 is 1.60 bits per heavy atom. The summed E-state index contributed by atoms with van der Waals surface area (Å²) >= 11 is 0. The fourth-order valence-electron chi connectivity index (χ4n) is 3.43. The summed E-state index contributed by atoms with van der Waals surface area (Å²) in [7, 11) is -3.56. The van der Waals surface area contributed by atoms with Crippen molar-refractivity contribution in [3.05, 3.63) is 77.9 Å². The standard InChI is InChI=1S/C23H26N2O4S/c1-3-25(4-2)30(28,29)19-14-12-18(13-15-19)23(27)24-16-22(26)21-11-7-9-17-8-5-6-10-20(17)21/h5-15,22,26H,3-4,16H2,1-2H3,(H,24,27). The Morgan fingerprint density at radius 3 is 2.27 bits per heavy atom. The molecule has 0 aliphatic carbocycles. The Balaban J connectivity index is 1.69. The molecule has 0 saturated heterocycles. The maximum absolute atomic E-state index is 12.5. The second-order valence-electron chi connectivity index (χ2n) is 6.91. The van der Waals surface area contributed by atoms with Gasteiger partial charge in [0, 0.05) is 25.2 Å². The lowest BCUT2D eigenvalue weighted by Gasteiger charge is -2.18. The van der Waals surface area contributed by atoms with Crippen molar-refractivity contribution in [1.29, 1.82) is 0 Å². The molecular formula is C23H26N2O4S. The number of nitrogens with one attached hydrogen (secondary N) is 1. The van der Waals surface area contributed by atoms with Gasteiger partial charge in [-0.15, -0.1) is 0 Å².